The van der Waals surface area contributed by atoms with E-state index >= 15 is 0 Å². The Morgan fingerprint density at radius 2 is 1.74 bits per heavy atom. The fraction of sp³-hybridized carbons (Fsp3) is 0.174. The molecule has 0 atom stereocenters. The summed E-state index contributed by atoms with van der Waals surface area (Å²) < 4.78 is 16.2. The molecule has 8 nitrogen and oxygen atoms in total. The number of rotatable bonds is 9. The lowest BCUT2D eigenvalue weighted by atomic mass is 10.1. The summed E-state index contributed by atoms with van der Waals surface area (Å²) in [7, 11) is 3.07. The standard InChI is InChI=1S/C23H23N3O5/c1-29-20-7-6-16(13-21(20)30-2)23(28)26-10-8-15-4-3-5-17(12-15)31-18-9-11-25-19(14-18)22(24)27/h3-7,9,11-14H,8,10H2,1-2H3,(H2,24,27)(H,26,28)/p+1. The maximum Gasteiger partial charge on any atom is 0.313 e. The van der Waals surface area contributed by atoms with Crippen LogP contribution in [0.5, 0.6) is 23.0 Å². The number of nitrogens with two attached hydrogens (primary N) is 1. The van der Waals surface area contributed by atoms with E-state index in [1.807, 2.05) is 24.3 Å². The topological polar surface area (TPSA) is 114 Å². The van der Waals surface area contributed by atoms with E-state index < -0.39 is 5.91 Å². The Kier molecular flexibility index (Phi) is 7.05. The number of methoxy groups -OCH3 is 2. The molecule has 0 aliphatic rings. The van der Waals surface area contributed by atoms with Gasteiger partial charge in [0.25, 0.3) is 11.6 Å². The lowest BCUT2D eigenvalue weighted by Crippen LogP contribution is -2.25. The van der Waals surface area contributed by atoms with Crippen molar-refractivity contribution in [3.8, 4) is 23.0 Å². The number of benzene rings is 2. The molecule has 160 valence electrons. The first-order valence-electron chi connectivity index (χ1n) is 9.58. The molecule has 3 rings (SSSR count). The SMILES string of the molecule is COc1ccc(C(=O)NCCc2cccc(Oc3cc[nH+]c(C(N)=O)c3)c2)cc1OC. The lowest BCUT2D eigenvalue weighted by molar-refractivity contribution is -0.382. The van der Waals surface area contributed by atoms with Crippen molar-refractivity contribution in [3.05, 3.63) is 77.6 Å². The van der Waals surface area contributed by atoms with E-state index in [9.17, 15) is 9.59 Å². The molecule has 0 unspecified atom stereocenters. The minimum Gasteiger partial charge on any atom is -0.493 e. The van der Waals surface area contributed by atoms with Gasteiger partial charge in [0, 0.05) is 18.2 Å². The molecule has 8 heteroatoms. The second-order valence-corrected chi connectivity index (χ2v) is 6.63. The van der Waals surface area contributed by atoms with Crippen LogP contribution >= 0.6 is 0 Å². The van der Waals surface area contributed by atoms with Crippen LogP contribution in [0.3, 0.4) is 0 Å². The van der Waals surface area contributed by atoms with E-state index in [0.717, 1.165) is 5.56 Å². The highest BCUT2D eigenvalue weighted by molar-refractivity contribution is 5.94. The van der Waals surface area contributed by atoms with E-state index in [-0.39, 0.29) is 11.6 Å². The Balaban J connectivity index is 1.58. The number of hydrogen-bond donors (Lipinski definition) is 2. The van der Waals surface area contributed by atoms with Gasteiger partial charge < -0.3 is 25.3 Å². The number of amides is 2. The Morgan fingerprint density at radius 1 is 0.968 bits per heavy atom. The van der Waals surface area contributed by atoms with Crippen LogP contribution in [0.15, 0.2) is 60.8 Å². The van der Waals surface area contributed by atoms with E-state index in [4.69, 9.17) is 19.9 Å². The molecule has 4 N–H and O–H groups in total. The number of nitrogens with one attached hydrogen (secondary N) is 2. The van der Waals surface area contributed by atoms with Crippen molar-refractivity contribution in [2.45, 2.75) is 6.42 Å². The fourth-order valence-corrected chi connectivity index (χ4v) is 2.95. The molecular formula is C23H24N3O5+. The summed E-state index contributed by atoms with van der Waals surface area (Å²) in [5, 5.41) is 2.89. The fourth-order valence-electron chi connectivity index (χ4n) is 2.95. The predicted molar refractivity (Wildman–Crippen MR) is 114 cm³/mol. The third-order valence-electron chi connectivity index (χ3n) is 4.52. The molecule has 0 aliphatic carbocycles. The smallest absolute Gasteiger partial charge is 0.313 e. The van der Waals surface area contributed by atoms with Crippen molar-refractivity contribution in [1.29, 1.82) is 0 Å². The Labute approximate surface area is 180 Å². The van der Waals surface area contributed by atoms with Gasteiger partial charge in [-0.05, 0) is 42.3 Å². The van der Waals surface area contributed by atoms with E-state index in [1.165, 1.54) is 7.11 Å². The molecule has 2 aromatic carbocycles. The highest BCUT2D eigenvalue weighted by Gasteiger charge is 2.12. The molecule has 1 aromatic heterocycles. The molecule has 3 aromatic rings. The van der Waals surface area contributed by atoms with Gasteiger partial charge >= 0.3 is 5.91 Å². The summed E-state index contributed by atoms with van der Waals surface area (Å²) >= 11 is 0. The largest absolute Gasteiger partial charge is 0.493 e. The zero-order valence-electron chi connectivity index (χ0n) is 17.3. The highest BCUT2D eigenvalue weighted by atomic mass is 16.5. The van der Waals surface area contributed by atoms with E-state index in [1.54, 1.807) is 43.6 Å². The van der Waals surface area contributed by atoms with Gasteiger partial charge in [-0.3, -0.25) is 9.59 Å². The normalized spacial score (nSPS) is 10.3. The molecule has 0 saturated heterocycles. The molecule has 0 fully saturated rings. The number of aromatic amines is 1. The predicted octanol–water partition coefficient (Wildman–Crippen LogP) is 2.38. The molecule has 2 amide bonds. The number of H-pyrrole nitrogens is 1. The Bertz CT molecular complexity index is 1080. The van der Waals surface area contributed by atoms with Crippen molar-refractivity contribution in [2.75, 3.05) is 20.8 Å². The van der Waals surface area contributed by atoms with Crippen molar-refractivity contribution in [1.82, 2.24) is 5.32 Å². The van der Waals surface area contributed by atoms with E-state index in [0.29, 0.717) is 41.5 Å². The van der Waals surface area contributed by atoms with Crippen molar-refractivity contribution in [2.24, 2.45) is 5.73 Å². The third-order valence-corrected chi connectivity index (χ3v) is 4.52. The van der Waals surface area contributed by atoms with Crippen molar-refractivity contribution >= 4 is 11.8 Å². The maximum atomic E-state index is 12.4. The minimum absolute atomic E-state index is 0.201. The van der Waals surface area contributed by atoms with Crippen LogP contribution in [0.4, 0.5) is 0 Å². The van der Waals surface area contributed by atoms with Gasteiger partial charge in [0.2, 0.25) is 0 Å². The number of carbonyl (C=O) groups excluding carboxylic acids is 2. The summed E-state index contributed by atoms with van der Waals surface area (Å²) in [5.41, 5.74) is 7.01. The first kappa shape index (κ1) is 21.6. The first-order valence-corrected chi connectivity index (χ1v) is 9.58. The number of hydrogen-bond acceptors (Lipinski definition) is 5. The number of aromatic nitrogens is 1. The molecular weight excluding hydrogens is 398 g/mol. The lowest BCUT2D eigenvalue weighted by Gasteiger charge is -2.10. The molecule has 0 bridgehead atoms. The second-order valence-electron chi connectivity index (χ2n) is 6.63. The van der Waals surface area contributed by atoms with Crippen LogP contribution in [0.25, 0.3) is 0 Å². The monoisotopic (exact) mass is 422 g/mol. The van der Waals surface area contributed by atoms with Gasteiger partial charge in [-0.25, -0.2) is 4.98 Å². The number of pyridine rings is 1. The Morgan fingerprint density at radius 3 is 2.48 bits per heavy atom. The van der Waals surface area contributed by atoms with Gasteiger partial charge in [-0.1, -0.05) is 12.1 Å². The summed E-state index contributed by atoms with van der Waals surface area (Å²) in [4.78, 5) is 26.5. The Hall–Kier alpha value is -4.07. The zero-order valence-corrected chi connectivity index (χ0v) is 17.3. The summed E-state index contributed by atoms with van der Waals surface area (Å²) in [6, 6.07) is 15.8. The summed E-state index contributed by atoms with van der Waals surface area (Å²) in [5.74, 6) is 1.40. The first-order chi connectivity index (χ1) is 15.0. The third kappa shape index (κ3) is 5.72. The van der Waals surface area contributed by atoms with Crippen LogP contribution in [0.1, 0.15) is 26.4 Å². The quantitative estimate of drug-likeness (QED) is 0.550. The maximum absolute atomic E-state index is 12.4. The van der Waals surface area contributed by atoms with Crippen LogP contribution in [-0.4, -0.2) is 32.6 Å². The average Bonchev–Trinajstić information content (AvgIpc) is 2.79. The molecule has 1 heterocycles. The number of ether oxygens (including phenoxy) is 3. The highest BCUT2D eigenvalue weighted by Crippen LogP contribution is 2.27. The molecule has 31 heavy (non-hydrogen) atoms. The van der Waals surface area contributed by atoms with Gasteiger partial charge in [-0.2, -0.15) is 0 Å². The zero-order chi connectivity index (χ0) is 22.2. The molecule has 0 aliphatic heterocycles. The minimum atomic E-state index is -0.565. The van der Waals surface area contributed by atoms with Gasteiger partial charge in [0.15, 0.2) is 17.7 Å². The van der Waals surface area contributed by atoms with Crippen LogP contribution in [-0.2, 0) is 6.42 Å². The van der Waals surface area contributed by atoms with Gasteiger partial charge in [-0.15, -0.1) is 0 Å². The van der Waals surface area contributed by atoms with Crippen LogP contribution in [0, 0.1) is 0 Å². The summed E-state index contributed by atoms with van der Waals surface area (Å²) in [6.07, 6.45) is 2.20. The van der Waals surface area contributed by atoms with Gasteiger partial charge in [0.05, 0.1) is 20.3 Å². The molecule has 0 saturated carbocycles. The molecule has 0 spiro atoms. The summed E-state index contributed by atoms with van der Waals surface area (Å²) in [6.45, 7) is 0.447. The average molecular weight is 422 g/mol. The van der Waals surface area contributed by atoms with Gasteiger partial charge in [0.1, 0.15) is 11.5 Å². The number of primary amides is 1. The number of carbonyl (C=O) groups is 2. The molecule has 0 radical (unpaired) electrons. The van der Waals surface area contributed by atoms with Crippen LogP contribution < -0.4 is 30.2 Å². The van der Waals surface area contributed by atoms with E-state index in [2.05, 4.69) is 10.3 Å². The second kappa shape index (κ2) is 10.1. The van der Waals surface area contributed by atoms with Crippen molar-refractivity contribution < 1.29 is 28.8 Å². The van der Waals surface area contributed by atoms with Crippen LogP contribution in [0.2, 0.25) is 0 Å². The van der Waals surface area contributed by atoms with Crippen molar-refractivity contribution in [3.63, 3.8) is 0 Å².